The number of benzene rings is 1. The lowest BCUT2D eigenvalue weighted by Gasteiger charge is -2.35. The molecule has 2 N–H and O–H groups in total. The molecule has 2 fully saturated rings. The minimum atomic E-state index is -4.84. The molecule has 2 amide bonds. The van der Waals surface area contributed by atoms with Gasteiger partial charge in [-0.1, -0.05) is 31.4 Å². The highest BCUT2D eigenvalue weighted by molar-refractivity contribution is 7.89. The van der Waals surface area contributed by atoms with Crippen LogP contribution in [0.15, 0.2) is 29.2 Å². The maximum absolute atomic E-state index is 13.2. The third-order valence-corrected chi connectivity index (χ3v) is 7.91. The Morgan fingerprint density at radius 1 is 1.03 bits per heavy atom. The molecule has 1 heterocycles. The standard InChI is InChI=1S/C22H30F3N3O4S/c1-15(27-33(31,32)19-10-6-5-9-18(19)22(23,24)25)21(30)28-13-11-17(12-14-28)26-20(29)16-7-3-2-4-8-16/h5-6,9-10,15-17,27H,2-4,7-8,11-14H2,1H3,(H,26,29)/t15-/m0/s1. The highest BCUT2D eigenvalue weighted by Gasteiger charge is 2.38. The number of nitrogens with one attached hydrogen (secondary N) is 2. The predicted octanol–water partition coefficient (Wildman–Crippen LogP) is 3.06. The first-order valence-corrected chi connectivity index (χ1v) is 12.7. The van der Waals surface area contributed by atoms with Gasteiger partial charge in [0.05, 0.1) is 16.5 Å². The van der Waals surface area contributed by atoms with E-state index in [-0.39, 0.29) is 17.9 Å². The van der Waals surface area contributed by atoms with Gasteiger partial charge in [-0.15, -0.1) is 0 Å². The summed E-state index contributed by atoms with van der Waals surface area (Å²) in [6.45, 7) is 1.98. The van der Waals surface area contributed by atoms with Crippen LogP contribution in [0.3, 0.4) is 0 Å². The Morgan fingerprint density at radius 2 is 1.64 bits per heavy atom. The summed E-state index contributed by atoms with van der Waals surface area (Å²) in [7, 11) is -4.57. The average Bonchev–Trinajstić information content (AvgIpc) is 2.79. The molecule has 0 aromatic heterocycles. The molecular formula is C22H30F3N3O4S. The molecule has 33 heavy (non-hydrogen) atoms. The number of amides is 2. The van der Waals surface area contributed by atoms with Crippen LogP contribution in [0.5, 0.6) is 0 Å². The van der Waals surface area contributed by atoms with E-state index in [2.05, 4.69) is 10.0 Å². The van der Waals surface area contributed by atoms with Crippen molar-refractivity contribution in [1.82, 2.24) is 14.9 Å². The number of likely N-dealkylation sites (tertiary alicyclic amines) is 1. The van der Waals surface area contributed by atoms with Crippen molar-refractivity contribution >= 4 is 21.8 Å². The monoisotopic (exact) mass is 489 g/mol. The second kappa shape index (κ2) is 10.4. The molecule has 1 atom stereocenters. The summed E-state index contributed by atoms with van der Waals surface area (Å²) in [5.74, 6) is -0.406. The number of carbonyl (C=O) groups excluding carboxylic acids is 2. The van der Waals surface area contributed by atoms with Gasteiger partial charge in [0, 0.05) is 25.0 Å². The van der Waals surface area contributed by atoms with Crippen molar-refractivity contribution in [1.29, 1.82) is 0 Å². The SMILES string of the molecule is C[C@H](NS(=O)(=O)c1ccccc1C(F)(F)F)C(=O)N1CCC(NC(=O)C2CCCCC2)CC1. The van der Waals surface area contributed by atoms with Gasteiger partial charge in [0.2, 0.25) is 21.8 Å². The number of halogens is 3. The molecule has 1 saturated heterocycles. The van der Waals surface area contributed by atoms with Gasteiger partial charge in [-0.3, -0.25) is 9.59 Å². The molecule has 1 aliphatic carbocycles. The molecule has 3 rings (SSSR count). The summed E-state index contributed by atoms with van der Waals surface area (Å²) in [6, 6.07) is 2.57. The second-order valence-corrected chi connectivity index (χ2v) is 10.5. The Hall–Kier alpha value is -2.14. The van der Waals surface area contributed by atoms with Crippen LogP contribution in [0.2, 0.25) is 0 Å². The Morgan fingerprint density at radius 3 is 2.24 bits per heavy atom. The molecule has 7 nitrogen and oxygen atoms in total. The van der Waals surface area contributed by atoms with E-state index in [1.165, 1.54) is 17.9 Å². The average molecular weight is 490 g/mol. The van der Waals surface area contributed by atoms with Crippen LogP contribution in [-0.4, -0.2) is 50.3 Å². The van der Waals surface area contributed by atoms with Gasteiger partial charge in [0.25, 0.3) is 0 Å². The summed E-state index contributed by atoms with van der Waals surface area (Å²) in [5, 5.41) is 3.06. The molecule has 0 radical (unpaired) electrons. The van der Waals surface area contributed by atoms with Crippen molar-refractivity contribution in [3.63, 3.8) is 0 Å². The van der Waals surface area contributed by atoms with E-state index < -0.39 is 38.6 Å². The van der Waals surface area contributed by atoms with Gasteiger partial charge >= 0.3 is 6.18 Å². The number of hydrogen-bond acceptors (Lipinski definition) is 4. The maximum atomic E-state index is 13.2. The Kier molecular flexibility index (Phi) is 8.04. The van der Waals surface area contributed by atoms with Crippen LogP contribution in [0, 0.1) is 5.92 Å². The zero-order valence-electron chi connectivity index (χ0n) is 18.5. The predicted molar refractivity (Wildman–Crippen MR) is 116 cm³/mol. The van der Waals surface area contributed by atoms with Crippen LogP contribution >= 0.6 is 0 Å². The summed E-state index contributed by atoms with van der Waals surface area (Å²) >= 11 is 0. The van der Waals surface area contributed by atoms with Crippen LogP contribution in [-0.2, 0) is 25.8 Å². The van der Waals surface area contributed by atoms with Gasteiger partial charge in [-0.2, -0.15) is 17.9 Å². The van der Waals surface area contributed by atoms with E-state index in [4.69, 9.17) is 0 Å². The van der Waals surface area contributed by atoms with E-state index >= 15 is 0 Å². The highest BCUT2D eigenvalue weighted by atomic mass is 32.2. The molecule has 1 saturated carbocycles. The molecule has 1 aliphatic heterocycles. The van der Waals surface area contributed by atoms with E-state index in [1.807, 2.05) is 0 Å². The number of piperidine rings is 1. The second-order valence-electron chi connectivity index (χ2n) is 8.78. The number of hydrogen-bond donors (Lipinski definition) is 2. The van der Waals surface area contributed by atoms with Gasteiger partial charge < -0.3 is 10.2 Å². The maximum Gasteiger partial charge on any atom is 0.417 e. The van der Waals surface area contributed by atoms with Gasteiger partial charge in [-0.05, 0) is 44.7 Å². The lowest BCUT2D eigenvalue weighted by molar-refractivity contribution is -0.140. The first kappa shape index (κ1) is 25.5. The minimum absolute atomic E-state index is 0.0471. The third kappa shape index (κ3) is 6.47. The number of sulfonamides is 1. The van der Waals surface area contributed by atoms with Crippen LogP contribution in [0.1, 0.15) is 57.4 Å². The normalized spacial score (nSPS) is 19.8. The van der Waals surface area contributed by atoms with Gasteiger partial charge in [0.15, 0.2) is 0 Å². The molecule has 0 unspecified atom stereocenters. The molecule has 0 spiro atoms. The van der Waals surface area contributed by atoms with Crippen LogP contribution in [0.25, 0.3) is 0 Å². The Labute approximate surface area is 192 Å². The lowest BCUT2D eigenvalue weighted by Crippen LogP contribution is -2.52. The van der Waals surface area contributed by atoms with Crippen molar-refractivity contribution in [3.05, 3.63) is 29.8 Å². The summed E-state index contributed by atoms with van der Waals surface area (Å²) in [5.41, 5.74) is -1.29. The molecule has 11 heteroatoms. The molecule has 184 valence electrons. The molecular weight excluding hydrogens is 459 g/mol. The van der Waals surface area contributed by atoms with Crippen LogP contribution < -0.4 is 10.0 Å². The fraction of sp³-hybridized carbons (Fsp3) is 0.636. The zero-order chi connectivity index (χ0) is 24.2. The van der Waals surface area contributed by atoms with E-state index in [1.54, 1.807) is 0 Å². The lowest BCUT2D eigenvalue weighted by atomic mass is 9.88. The largest absolute Gasteiger partial charge is 0.417 e. The van der Waals surface area contributed by atoms with E-state index in [9.17, 15) is 31.2 Å². The number of nitrogens with zero attached hydrogens (tertiary/aromatic N) is 1. The fourth-order valence-electron chi connectivity index (χ4n) is 4.48. The third-order valence-electron chi connectivity index (χ3n) is 6.31. The van der Waals surface area contributed by atoms with Gasteiger partial charge in [0.1, 0.15) is 0 Å². The highest BCUT2D eigenvalue weighted by Crippen LogP contribution is 2.34. The van der Waals surface area contributed by atoms with Crippen molar-refractivity contribution < 1.29 is 31.2 Å². The summed E-state index contributed by atoms with van der Waals surface area (Å²) in [6.07, 6.45) is 1.33. The Bertz CT molecular complexity index is 954. The number of rotatable bonds is 6. The fourth-order valence-corrected chi connectivity index (χ4v) is 5.91. The quantitative estimate of drug-likeness (QED) is 0.642. The van der Waals surface area contributed by atoms with Crippen LogP contribution in [0.4, 0.5) is 13.2 Å². The van der Waals surface area contributed by atoms with Crippen molar-refractivity contribution in [2.75, 3.05) is 13.1 Å². The topological polar surface area (TPSA) is 95.6 Å². The van der Waals surface area contributed by atoms with Gasteiger partial charge in [-0.25, -0.2) is 8.42 Å². The van der Waals surface area contributed by atoms with Crippen molar-refractivity contribution in [3.8, 4) is 0 Å². The smallest absolute Gasteiger partial charge is 0.353 e. The summed E-state index contributed by atoms with van der Waals surface area (Å²) < 4.78 is 66.9. The van der Waals surface area contributed by atoms with Crippen molar-refractivity contribution in [2.24, 2.45) is 5.92 Å². The molecule has 1 aromatic carbocycles. The first-order valence-electron chi connectivity index (χ1n) is 11.3. The Balaban J connectivity index is 1.55. The van der Waals surface area contributed by atoms with E-state index in [0.29, 0.717) is 32.0 Å². The number of carbonyl (C=O) groups is 2. The van der Waals surface area contributed by atoms with Crippen molar-refractivity contribution in [2.45, 2.75) is 75.0 Å². The molecule has 2 aliphatic rings. The molecule has 0 bridgehead atoms. The summed E-state index contributed by atoms with van der Waals surface area (Å²) in [4.78, 5) is 25.7. The first-order chi connectivity index (χ1) is 15.5. The minimum Gasteiger partial charge on any atom is -0.353 e. The van der Waals surface area contributed by atoms with E-state index in [0.717, 1.165) is 44.2 Å². The molecule has 1 aromatic rings. The number of alkyl halides is 3. The zero-order valence-corrected chi connectivity index (χ0v) is 19.3.